The SMILES string of the molecule is CN1C2CCC1CN(S(=O)(=O)N(C)CCCN)CC2. The van der Waals surface area contributed by atoms with Gasteiger partial charge in [-0.3, -0.25) is 4.90 Å². The molecule has 2 heterocycles. The lowest BCUT2D eigenvalue weighted by Gasteiger charge is -2.29. The molecule has 6 nitrogen and oxygen atoms in total. The van der Waals surface area contributed by atoms with Crippen molar-refractivity contribution in [1.29, 1.82) is 0 Å². The average Bonchev–Trinajstić information content (AvgIpc) is 2.59. The molecule has 2 aliphatic heterocycles. The van der Waals surface area contributed by atoms with Crippen LogP contribution in [0.25, 0.3) is 0 Å². The Morgan fingerprint density at radius 2 is 1.95 bits per heavy atom. The Hall–Kier alpha value is -0.210. The summed E-state index contributed by atoms with van der Waals surface area (Å²) in [6, 6.07) is 0.935. The number of nitrogens with zero attached hydrogens (tertiary/aromatic N) is 3. The van der Waals surface area contributed by atoms with Crippen LogP contribution in [0.15, 0.2) is 0 Å². The maximum absolute atomic E-state index is 12.5. The molecule has 0 aliphatic carbocycles. The molecule has 2 rings (SSSR count). The quantitative estimate of drug-likeness (QED) is 0.753. The molecule has 2 aliphatic rings. The van der Waals surface area contributed by atoms with E-state index in [1.807, 2.05) is 0 Å². The zero-order chi connectivity index (χ0) is 14.0. The van der Waals surface area contributed by atoms with Gasteiger partial charge in [0.05, 0.1) is 0 Å². The van der Waals surface area contributed by atoms with Crippen LogP contribution in [0.1, 0.15) is 25.7 Å². The summed E-state index contributed by atoms with van der Waals surface area (Å²) in [7, 11) is 0.453. The first kappa shape index (κ1) is 15.2. The van der Waals surface area contributed by atoms with Crippen molar-refractivity contribution in [2.45, 2.75) is 37.8 Å². The molecule has 0 saturated carbocycles. The smallest absolute Gasteiger partial charge is 0.281 e. The van der Waals surface area contributed by atoms with Gasteiger partial charge in [0.15, 0.2) is 0 Å². The Labute approximate surface area is 116 Å². The summed E-state index contributed by atoms with van der Waals surface area (Å²) in [5.41, 5.74) is 5.45. The van der Waals surface area contributed by atoms with Crippen molar-refractivity contribution in [1.82, 2.24) is 13.5 Å². The maximum atomic E-state index is 12.5. The van der Waals surface area contributed by atoms with Crippen LogP contribution in [-0.2, 0) is 10.2 Å². The van der Waals surface area contributed by atoms with Crippen LogP contribution in [0.3, 0.4) is 0 Å². The number of rotatable bonds is 5. The Kier molecular flexibility index (Phi) is 4.84. The Morgan fingerprint density at radius 1 is 1.26 bits per heavy atom. The molecule has 0 aromatic heterocycles. The second kappa shape index (κ2) is 6.05. The molecule has 2 N–H and O–H groups in total. The first-order valence-corrected chi connectivity index (χ1v) is 8.50. The molecule has 19 heavy (non-hydrogen) atoms. The zero-order valence-electron chi connectivity index (χ0n) is 12.0. The summed E-state index contributed by atoms with van der Waals surface area (Å²) in [5.74, 6) is 0. The van der Waals surface area contributed by atoms with Crippen molar-refractivity contribution < 1.29 is 8.42 Å². The van der Waals surface area contributed by atoms with E-state index in [4.69, 9.17) is 5.73 Å². The van der Waals surface area contributed by atoms with Crippen LogP contribution in [0.4, 0.5) is 0 Å². The standard InChI is InChI=1S/C12H26N4O2S/c1-14(8-3-7-13)19(17,18)16-9-6-11-4-5-12(10-16)15(11)2/h11-12H,3-10,13H2,1-2H3. The number of likely N-dealkylation sites (N-methyl/N-ethyl adjacent to an activating group) is 1. The van der Waals surface area contributed by atoms with Gasteiger partial charge >= 0.3 is 0 Å². The van der Waals surface area contributed by atoms with Gasteiger partial charge in [-0.25, -0.2) is 0 Å². The molecule has 112 valence electrons. The lowest BCUT2D eigenvalue weighted by atomic mass is 10.1. The van der Waals surface area contributed by atoms with Crippen molar-refractivity contribution in [2.75, 3.05) is 40.3 Å². The highest BCUT2D eigenvalue weighted by molar-refractivity contribution is 7.86. The first-order valence-electron chi connectivity index (χ1n) is 7.10. The van der Waals surface area contributed by atoms with Gasteiger partial charge in [-0.15, -0.1) is 0 Å². The highest BCUT2D eigenvalue weighted by Crippen LogP contribution is 2.29. The van der Waals surface area contributed by atoms with E-state index in [0.717, 1.165) is 12.8 Å². The third-order valence-corrected chi connectivity index (χ3v) is 6.46. The average molecular weight is 290 g/mol. The molecule has 0 spiro atoms. The van der Waals surface area contributed by atoms with Gasteiger partial charge in [0, 0.05) is 38.8 Å². The molecule has 0 aromatic carbocycles. The maximum Gasteiger partial charge on any atom is 0.281 e. The highest BCUT2D eigenvalue weighted by Gasteiger charge is 2.39. The summed E-state index contributed by atoms with van der Waals surface area (Å²) in [6.45, 7) is 2.29. The minimum atomic E-state index is -3.32. The fraction of sp³-hybridized carbons (Fsp3) is 1.00. The largest absolute Gasteiger partial charge is 0.330 e. The first-order chi connectivity index (χ1) is 8.96. The number of hydrogen-bond donors (Lipinski definition) is 1. The zero-order valence-corrected chi connectivity index (χ0v) is 12.8. The van der Waals surface area contributed by atoms with Crippen LogP contribution >= 0.6 is 0 Å². The summed E-state index contributed by atoms with van der Waals surface area (Å²) < 4.78 is 28.1. The van der Waals surface area contributed by atoms with Crippen LogP contribution in [0.5, 0.6) is 0 Å². The summed E-state index contributed by atoms with van der Waals surface area (Å²) in [6.07, 6.45) is 3.96. The fourth-order valence-electron chi connectivity index (χ4n) is 3.11. The molecule has 0 radical (unpaired) electrons. The van der Waals surface area contributed by atoms with Crippen molar-refractivity contribution in [3.8, 4) is 0 Å². The van der Waals surface area contributed by atoms with E-state index in [1.54, 1.807) is 11.4 Å². The number of hydrogen-bond acceptors (Lipinski definition) is 4. The Balaban J connectivity index is 2.04. The van der Waals surface area contributed by atoms with E-state index in [1.165, 1.54) is 10.7 Å². The summed E-state index contributed by atoms with van der Waals surface area (Å²) in [5, 5.41) is 0. The molecule has 2 unspecified atom stereocenters. The normalized spacial score (nSPS) is 29.9. The Bertz CT molecular complexity index is 401. The van der Waals surface area contributed by atoms with E-state index >= 15 is 0 Å². The van der Waals surface area contributed by atoms with Gasteiger partial charge in [-0.1, -0.05) is 0 Å². The topological polar surface area (TPSA) is 69.9 Å². The van der Waals surface area contributed by atoms with Gasteiger partial charge in [0.25, 0.3) is 10.2 Å². The minimum absolute atomic E-state index is 0.380. The fourth-order valence-corrected chi connectivity index (χ4v) is 4.56. The van der Waals surface area contributed by atoms with Crippen molar-refractivity contribution >= 4 is 10.2 Å². The molecule has 2 fully saturated rings. The second-order valence-electron chi connectivity index (χ2n) is 5.67. The molecule has 0 aromatic rings. The van der Waals surface area contributed by atoms with E-state index in [-0.39, 0.29) is 0 Å². The number of fused-ring (bicyclic) bond motifs is 2. The Morgan fingerprint density at radius 3 is 2.63 bits per heavy atom. The van der Waals surface area contributed by atoms with Crippen LogP contribution in [-0.4, -0.2) is 74.3 Å². The summed E-state index contributed by atoms with van der Waals surface area (Å²) in [4.78, 5) is 2.36. The van der Waals surface area contributed by atoms with Crippen molar-refractivity contribution in [2.24, 2.45) is 5.73 Å². The van der Waals surface area contributed by atoms with E-state index in [0.29, 0.717) is 44.7 Å². The predicted molar refractivity (Wildman–Crippen MR) is 76.0 cm³/mol. The predicted octanol–water partition coefficient (Wildman–Crippen LogP) is -0.320. The van der Waals surface area contributed by atoms with Gasteiger partial charge in [-0.05, 0) is 39.3 Å². The molecule has 0 amide bonds. The highest BCUT2D eigenvalue weighted by atomic mass is 32.2. The third kappa shape index (κ3) is 3.11. The van der Waals surface area contributed by atoms with Gasteiger partial charge in [0.1, 0.15) is 0 Å². The minimum Gasteiger partial charge on any atom is -0.330 e. The summed E-state index contributed by atoms with van der Waals surface area (Å²) >= 11 is 0. The molecule has 2 bridgehead atoms. The lowest BCUT2D eigenvalue weighted by Crippen LogP contribution is -2.46. The van der Waals surface area contributed by atoms with Gasteiger partial charge in [-0.2, -0.15) is 17.0 Å². The van der Waals surface area contributed by atoms with E-state index < -0.39 is 10.2 Å². The molecule has 2 saturated heterocycles. The van der Waals surface area contributed by atoms with Crippen LogP contribution in [0.2, 0.25) is 0 Å². The van der Waals surface area contributed by atoms with Crippen molar-refractivity contribution in [3.05, 3.63) is 0 Å². The van der Waals surface area contributed by atoms with Crippen LogP contribution < -0.4 is 5.73 Å². The molecule has 2 atom stereocenters. The molecular weight excluding hydrogens is 264 g/mol. The molecule has 7 heteroatoms. The van der Waals surface area contributed by atoms with Gasteiger partial charge in [0.2, 0.25) is 0 Å². The van der Waals surface area contributed by atoms with E-state index in [2.05, 4.69) is 11.9 Å². The molecular formula is C12H26N4O2S. The number of nitrogens with two attached hydrogens (primary N) is 1. The third-order valence-electron chi connectivity index (χ3n) is 4.51. The van der Waals surface area contributed by atoms with E-state index in [9.17, 15) is 8.42 Å². The second-order valence-corrected chi connectivity index (χ2v) is 7.70. The van der Waals surface area contributed by atoms with Gasteiger partial charge < -0.3 is 5.73 Å². The van der Waals surface area contributed by atoms with Crippen LogP contribution in [0, 0.1) is 0 Å². The lowest BCUT2D eigenvalue weighted by molar-refractivity contribution is 0.245. The van der Waals surface area contributed by atoms with Crippen molar-refractivity contribution in [3.63, 3.8) is 0 Å². The monoisotopic (exact) mass is 290 g/mol.